The fourth-order valence-electron chi connectivity index (χ4n) is 1.52. The minimum Gasteiger partial charge on any atom is -0.480 e. The molecule has 0 amide bonds. The van der Waals surface area contributed by atoms with Crippen molar-refractivity contribution in [3.8, 4) is 0 Å². The number of carboxylic acid groups (broad SMARTS) is 1. The van der Waals surface area contributed by atoms with Gasteiger partial charge in [-0.2, -0.15) is 0 Å². The first-order valence-electron chi connectivity index (χ1n) is 5.59. The molecule has 2 N–H and O–H groups in total. The summed E-state index contributed by atoms with van der Waals surface area (Å²) in [4.78, 5) is 11.0. The zero-order valence-corrected chi connectivity index (χ0v) is 11.4. The van der Waals surface area contributed by atoms with E-state index in [9.17, 15) is 13.6 Å². The van der Waals surface area contributed by atoms with E-state index in [0.29, 0.717) is 18.9 Å². The summed E-state index contributed by atoms with van der Waals surface area (Å²) in [6, 6.07) is 0.914. The third kappa shape index (κ3) is 3.94. The quantitative estimate of drug-likeness (QED) is 0.838. The fraction of sp³-hybridized carbons (Fsp3) is 0.417. The highest BCUT2D eigenvalue weighted by Gasteiger charge is 2.20. The van der Waals surface area contributed by atoms with Crippen LogP contribution in [0.5, 0.6) is 0 Å². The third-order valence-corrected chi connectivity index (χ3v) is 3.10. The number of halogens is 3. The van der Waals surface area contributed by atoms with Crippen LogP contribution in [0.4, 0.5) is 14.5 Å². The molecule has 0 saturated carbocycles. The van der Waals surface area contributed by atoms with Gasteiger partial charge in [0.15, 0.2) is 0 Å². The molecular weight excluding hydrogens is 308 g/mol. The van der Waals surface area contributed by atoms with E-state index in [-0.39, 0.29) is 10.2 Å². The van der Waals surface area contributed by atoms with Gasteiger partial charge in [-0.3, -0.25) is 0 Å². The van der Waals surface area contributed by atoms with Crippen LogP contribution in [0.25, 0.3) is 0 Å². The molecule has 0 aromatic heterocycles. The van der Waals surface area contributed by atoms with Crippen LogP contribution in [0.15, 0.2) is 16.6 Å². The van der Waals surface area contributed by atoms with E-state index >= 15 is 0 Å². The normalized spacial score (nSPS) is 12.2. The van der Waals surface area contributed by atoms with Gasteiger partial charge in [-0.15, -0.1) is 0 Å². The van der Waals surface area contributed by atoms with Gasteiger partial charge in [0, 0.05) is 10.5 Å². The number of benzene rings is 1. The monoisotopic (exact) mass is 321 g/mol. The third-order valence-electron chi connectivity index (χ3n) is 2.47. The number of carboxylic acids is 1. The molecule has 3 nitrogen and oxygen atoms in total. The zero-order chi connectivity index (χ0) is 13.7. The number of rotatable bonds is 6. The van der Waals surface area contributed by atoms with Gasteiger partial charge in [-0.05, 0) is 28.4 Å². The Morgan fingerprint density at radius 2 is 2.17 bits per heavy atom. The van der Waals surface area contributed by atoms with Crippen molar-refractivity contribution >= 4 is 27.6 Å². The SMILES string of the molecule is CCCCC(Nc1c(F)cc(F)cc1Br)C(=O)O. The minimum absolute atomic E-state index is 0.0279. The van der Waals surface area contributed by atoms with Crippen molar-refractivity contribution in [2.45, 2.75) is 32.2 Å². The van der Waals surface area contributed by atoms with Gasteiger partial charge in [-0.1, -0.05) is 19.8 Å². The van der Waals surface area contributed by atoms with Crippen molar-refractivity contribution in [3.63, 3.8) is 0 Å². The van der Waals surface area contributed by atoms with Crippen molar-refractivity contribution in [2.24, 2.45) is 0 Å². The summed E-state index contributed by atoms with van der Waals surface area (Å²) in [5.41, 5.74) is -0.0279. The fourth-order valence-corrected chi connectivity index (χ4v) is 2.04. The molecular formula is C12H14BrF2NO2. The van der Waals surface area contributed by atoms with Crippen molar-refractivity contribution < 1.29 is 18.7 Å². The van der Waals surface area contributed by atoms with Crippen LogP contribution >= 0.6 is 15.9 Å². The Morgan fingerprint density at radius 3 is 2.67 bits per heavy atom. The highest BCUT2D eigenvalue weighted by molar-refractivity contribution is 9.10. The van der Waals surface area contributed by atoms with Crippen molar-refractivity contribution in [2.75, 3.05) is 5.32 Å². The molecule has 0 fully saturated rings. The number of aliphatic carboxylic acids is 1. The molecule has 0 aliphatic rings. The molecule has 0 radical (unpaired) electrons. The summed E-state index contributed by atoms with van der Waals surface area (Å²) < 4.78 is 26.6. The lowest BCUT2D eigenvalue weighted by atomic mass is 10.1. The molecule has 0 heterocycles. The number of anilines is 1. The predicted octanol–water partition coefficient (Wildman–Crippen LogP) is 3.78. The molecule has 1 unspecified atom stereocenters. The second kappa shape index (κ2) is 6.68. The maximum atomic E-state index is 13.5. The zero-order valence-electron chi connectivity index (χ0n) is 9.84. The van der Waals surface area contributed by atoms with Gasteiger partial charge in [-0.25, -0.2) is 13.6 Å². The first kappa shape index (κ1) is 14.9. The summed E-state index contributed by atoms with van der Waals surface area (Å²) in [6.45, 7) is 1.94. The number of nitrogens with one attached hydrogen (secondary N) is 1. The minimum atomic E-state index is -1.06. The summed E-state index contributed by atoms with van der Waals surface area (Å²) in [5.74, 6) is -2.59. The highest BCUT2D eigenvalue weighted by Crippen LogP contribution is 2.28. The Hall–Kier alpha value is -1.17. The topological polar surface area (TPSA) is 49.3 Å². The van der Waals surface area contributed by atoms with Gasteiger partial charge in [0.25, 0.3) is 0 Å². The first-order chi connectivity index (χ1) is 8.45. The van der Waals surface area contributed by atoms with E-state index in [4.69, 9.17) is 5.11 Å². The standard InChI is InChI=1S/C12H14BrF2NO2/c1-2-3-4-10(12(17)18)16-11-8(13)5-7(14)6-9(11)15/h5-6,10,16H,2-4H2,1H3,(H,17,18). The molecule has 1 aromatic carbocycles. The Bertz CT molecular complexity index is 417. The van der Waals surface area contributed by atoms with Crippen molar-refractivity contribution in [1.29, 1.82) is 0 Å². The lowest BCUT2D eigenvalue weighted by Crippen LogP contribution is -2.29. The summed E-state index contributed by atoms with van der Waals surface area (Å²) in [7, 11) is 0. The van der Waals surface area contributed by atoms with Gasteiger partial charge >= 0.3 is 5.97 Å². The Morgan fingerprint density at radius 1 is 1.50 bits per heavy atom. The maximum absolute atomic E-state index is 13.5. The Labute approximate surface area is 112 Å². The molecule has 0 aliphatic heterocycles. The highest BCUT2D eigenvalue weighted by atomic mass is 79.9. The van der Waals surface area contributed by atoms with E-state index in [1.54, 1.807) is 0 Å². The summed E-state index contributed by atoms with van der Waals surface area (Å²) in [5, 5.41) is 11.6. The van der Waals surface area contributed by atoms with E-state index in [0.717, 1.165) is 12.5 Å². The van der Waals surface area contributed by atoms with Crippen molar-refractivity contribution in [1.82, 2.24) is 0 Å². The molecule has 1 rings (SSSR count). The van der Waals surface area contributed by atoms with E-state index in [1.807, 2.05) is 6.92 Å². The molecule has 100 valence electrons. The summed E-state index contributed by atoms with van der Waals surface area (Å²) in [6.07, 6.45) is 1.94. The van der Waals surface area contributed by atoms with Crippen LogP contribution in [0.2, 0.25) is 0 Å². The number of unbranched alkanes of at least 4 members (excludes halogenated alkanes) is 1. The molecule has 6 heteroatoms. The van der Waals surface area contributed by atoms with Gasteiger partial charge in [0.05, 0.1) is 5.69 Å². The average molecular weight is 322 g/mol. The molecule has 1 atom stereocenters. The number of carbonyl (C=O) groups is 1. The Kier molecular flexibility index (Phi) is 5.53. The van der Waals surface area contributed by atoms with Gasteiger partial charge < -0.3 is 10.4 Å². The lowest BCUT2D eigenvalue weighted by molar-refractivity contribution is -0.138. The van der Waals surface area contributed by atoms with E-state index in [2.05, 4.69) is 21.2 Å². The molecule has 0 spiro atoms. The van der Waals surface area contributed by atoms with Crippen LogP contribution in [-0.4, -0.2) is 17.1 Å². The largest absolute Gasteiger partial charge is 0.480 e. The predicted molar refractivity (Wildman–Crippen MR) is 68.6 cm³/mol. The Balaban J connectivity index is 2.90. The van der Waals surface area contributed by atoms with Gasteiger partial charge in [0.2, 0.25) is 0 Å². The van der Waals surface area contributed by atoms with Crippen molar-refractivity contribution in [3.05, 3.63) is 28.2 Å². The second-order valence-corrected chi connectivity index (χ2v) is 4.78. The molecule has 18 heavy (non-hydrogen) atoms. The second-order valence-electron chi connectivity index (χ2n) is 3.92. The lowest BCUT2D eigenvalue weighted by Gasteiger charge is -2.17. The average Bonchev–Trinajstić information content (AvgIpc) is 2.26. The van der Waals surface area contributed by atoms with Crippen LogP contribution < -0.4 is 5.32 Å². The first-order valence-corrected chi connectivity index (χ1v) is 6.39. The van der Waals surface area contributed by atoms with Crippen LogP contribution in [0, 0.1) is 11.6 Å². The molecule has 1 aromatic rings. The van der Waals surface area contributed by atoms with Crippen LogP contribution in [0.1, 0.15) is 26.2 Å². The van der Waals surface area contributed by atoms with E-state index < -0.39 is 23.6 Å². The van der Waals surface area contributed by atoms with Crippen LogP contribution in [0.3, 0.4) is 0 Å². The maximum Gasteiger partial charge on any atom is 0.326 e. The molecule has 0 saturated heterocycles. The molecule has 0 aliphatic carbocycles. The van der Waals surface area contributed by atoms with E-state index in [1.165, 1.54) is 0 Å². The molecule has 0 bridgehead atoms. The smallest absolute Gasteiger partial charge is 0.326 e. The van der Waals surface area contributed by atoms with Crippen LogP contribution in [-0.2, 0) is 4.79 Å². The number of hydrogen-bond acceptors (Lipinski definition) is 2. The number of hydrogen-bond donors (Lipinski definition) is 2. The van der Waals surface area contributed by atoms with Gasteiger partial charge in [0.1, 0.15) is 17.7 Å². The summed E-state index contributed by atoms with van der Waals surface area (Å²) >= 11 is 3.01.